The van der Waals surface area contributed by atoms with Crippen LogP contribution in [0.25, 0.3) is 6.08 Å². The first-order valence-electron chi connectivity index (χ1n) is 10.1. The summed E-state index contributed by atoms with van der Waals surface area (Å²) in [6.45, 7) is 1.42. The second-order valence-electron chi connectivity index (χ2n) is 7.20. The topological polar surface area (TPSA) is 71.0 Å². The second-order valence-corrected chi connectivity index (χ2v) is 7.61. The molecule has 0 bridgehead atoms. The summed E-state index contributed by atoms with van der Waals surface area (Å²) < 4.78 is 19.1. The molecule has 4 rings (SSSR count). The molecule has 0 atom stereocenters. The number of hydrogen-bond donors (Lipinski definition) is 1. The van der Waals surface area contributed by atoms with Gasteiger partial charge in [0.1, 0.15) is 11.6 Å². The smallest absolute Gasteiger partial charge is 0.280 e. The Morgan fingerprint density at radius 1 is 1.12 bits per heavy atom. The minimum absolute atomic E-state index is 0.0713. The lowest BCUT2D eigenvalue weighted by molar-refractivity contribution is -0.118. The van der Waals surface area contributed by atoms with Crippen LogP contribution in [0.3, 0.4) is 0 Å². The van der Waals surface area contributed by atoms with Crippen LogP contribution in [-0.4, -0.2) is 24.1 Å². The number of rotatable bonds is 6. The Kier molecular flexibility index (Phi) is 6.51. The SMILES string of the molecule is CC1=NN(c2ccccc2)C(=O)/C1=C/c1ccc(OCC(=O)Nc2ccccc2F)c(Cl)c1. The van der Waals surface area contributed by atoms with Gasteiger partial charge in [-0.2, -0.15) is 10.1 Å². The van der Waals surface area contributed by atoms with Crippen LogP contribution >= 0.6 is 11.6 Å². The predicted molar refractivity (Wildman–Crippen MR) is 127 cm³/mol. The molecule has 8 heteroatoms. The van der Waals surface area contributed by atoms with E-state index in [1.165, 1.54) is 23.2 Å². The first-order chi connectivity index (χ1) is 15.9. The molecule has 6 nitrogen and oxygen atoms in total. The molecule has 3 aromatic carbocycles. The van der Waals surface area contributed by atoms with Crippen molar-refractivity contribution in [3.8, 4) is 5.75 Å². The molecule has 0 aliphatic carbocycles. The molecule has 33 heavy (non-hydrogen) atoms. The zero-order valence-corrected chi connectivity index (χ0v) is 18.3. The molecule has 1 heterocycles. The van der Waals surface area contributed by atoms with E-state index in [4.69, 9.17) is 16.3 Å². The quantitative estimate of drug-likeness (QED) is 0.504. The molecule has 1 aliphatic rings. The second kappa shape index (κ2) is 9.67. The Labute approximate surface area is 194 Å². The third kappa shape index (κ3) is 5.10. The van der Waals surface area contributed by atoms with Gasteiger partial charge in [0.25, 0.3) is 11.8 Å². The number of hydrogen-bond acceptors (Lipinski definition) is 4. The van der Waals surface area contributed by atoms with Gasteiger partial charge < -0.3 is 10.1 Å². The summed E-state index contributed by atoms with van der Waals surface area (Å²) in [7, 11) is 0. The Bertz CT molecular complexity index is 1270. The van der Waals surface area contributed by atoms with Gasteiger partial charge in [-0.1, -0.05) is 48.0 Å². The standard InChI is InChI=1S/C25H19ClFN3O3/c1-16-19(25(32)30(29-16)18-7-3-2-4-8-18)13-17-11-12-23(20(26)14-17)33-15-24(31)28-22-10-6-5-9-21(22)27/h2-14H,15H2,1H3,(H,28,31)/b19-13+. The monoisotopic (exact) mass is 463 g/mol. The Morgan fingerprint density at radius 3 is 2.58 bits per heavy atom. The van der Waals surface area contributed by atoms with Crippen molar-refractivity contribution in [1.82, 2.24) is 0 Å². The summed E-state index contributed by atoms with van der Waals surface area (Å²) in [4.78, 5) is 24.9. The Morgan fingerprint density at radius 2 is 1.85 bits per heavy atom. The predicted octanol–water partition coefficient (Wildman–Crippen LogP) is 5.30. The molecule has 0 spiro atoms. The Hall–Kier alpha value is -3.97. The number of amides is 2. The van der Waals surface area contributed by atoms with Gasteiger partial charge in [-0.15, -0.1) is 0 Å². The molecule has 0 saturated heterocycles. The summed E-state index contributed by atoms with van der Waals surface area (Å²) in [5, 5.41) is 8.41. The fraction of sp³-hybridized carbons (Fsp3) is 0.0800. The van der Waals surface area contributed by atoms with Crippen molar-refractivity contribution >= 4 is 46.6 Å². The number of halogens is 2. The molecular formula is C25H19ClFN3O3. The van der Waals surface area contributed by atoms with Crippen LogP contribution in [0.5, 0.6) is 5.75 Å². The average molecular weight is 464 g/mol. The van der Waals surface area contributed by atoms with Gasteiger partial charge in [-0.3, -0.25) is 9.59 Å². The lowest BCUT2D eigenvalue weighted by Gasteiger charge is -2.11. The van der Waals surface area contributed by atoms with Crippen molar-refractivity contribution in [2.24, 2.45) is 5.10 Å². The molecule has 166 valence electrons. The number of hydrazone groups is 1. The van der Waals surface area contributed by atoms with Gasteiger partial charge in [0.2, 0.25) is 0 Å². The fourth-order valence-electron chi connectivity index (χ4n) is 3.21. The molecule has 0 unspecified atom stereocenters. The maximum atomic E-state index is 13.6. The average Bonchev–Trinajstić information content (AvgIpc) is 3.09. The summed E-state index contributed by atoms with van der Waals surface area (Å²) in [5.74, 6) is -1.00. The molecule has 2 amide bonds. The number of anilines is 2. The van der Waals surface area contributed by atoms with Gasteiger partial charge in [0.05, 0.1) is 27.7 Å². The highest BCUT2D eigenvalue weighted by atomic mass is 35.5. The van der Waals surface area contributed by atoms with Crippen molar-refractivity contribution in [3.63, 3.8) is 0 Å². The molecule has 0 saturated carbocycles. The summed E-state index contributed by atoms with van der Waals surface area (Å²) >= 11 is 6.31. The maximum absolute atomic E-state index is 13.6. The number of benzene rings is 3. The molecule has 3 aromatic rings. The third-order valence-corrected chi connectivity index (χ3v) is 5.13. The number of para-hydroxylation sites is 2. The van der Waals surface area contributed by atoms with Crippen molar-refractivity contribution in [3.05, 3.63) is 94.8 Å². The van der Waals surface area contributed by atoms with Gasteiger partial charge in [0.15, 0.2) is 6.61 Å². The fourth-order valence-corrected chi connectivity index (χ4v) is 3.45. The summed E-state index contributed by atoms with van der Waals surface area (Å²) in [6, 6.07) is 20.0. The van der Waals surface area contributed by atoms with Gasteiger partial charge in [-0.25, -0.2) is 4.39 Å². The minimum Gasteiger partial charge on any atom is -0.482 e. The minimum atomic E-state index is -0.535. The number of carbonyl (C=O) groups excluding carboxylic acids is 2. The molecular weight excluding hydrogens is 445 g/mol. The van der Waals surface area contributed by atoms with Crippen LogP contribution in [-0.2, 0) is 9.59 Å². The first-order valence-corrected chi connectivity index (χ1v) is 10.4. The van der Waals surface area contributed by atoms with E-state index in [0.717, 1.165) is 0 Å². The molecule has 0 aromatic heterocycles. The highest BCUT2D eigenvalue weighted by Gasteiger charge is 2.28. The highest BCUT2D eigenvalue weighted by molar-refractivity contribution is 6.33. The van der Waals surface area contributed by atoms with E-state index in [-0.39, 0.29) is 29.0 Å². The highest BCUT2D eigenvalue weighted by Crippen LogP contribution is 2.29. The van der Waals surface area contributed by atoms with Crippen molar-refractivity contribution in [1.29, 1.82) is 0 Å². The van der Waals surface area contributed by atoms with E-state index in [1.807, 2.05) is 30.3 Å². The first kappa shape index (κ1) is 22.2. The van der Waals surface area contributed by atoms with Crippen LogP contribution in [0.2, 0.25) is 5.02 Å². The largest absolute Gasteiger partial charge is 0.482 e. The van der Waals surface area contributed by atoms with E-state index in [0.29, 0.717) is 22.5 Å². The van der Waals surface area contributed by atoms with Crippen molar-refractivity contribution < 1.29 is 18.7 Å². The Balaban J connectivity index is 1.43. The molecule has 1 aliphatic heterocycles. The number of nitrogens with one attached hydrogen (secondary N) is 1. The zero-order valence-electron chi connectivity index (χ0n) is 17.6. The lowest BCUT2D eigenvalue weighted by Crippen LogP contribution is -2.21. The van der Waals surface area contributed by atoms with Gasteiger partial charge >= 0.3 is 0 Å². The van der Waals surface area contributed by atoms with Crippen molar-refractivity contribution in [2.45, 2.75) is 6.92 Å². The van der Waals surface area contributed by atoms with Crippen LogP contribution in [0.4, 0.5) is 15.8 Å². The van der Waals surface area contributed by atoms with Crippen LogP contribution in [0, 0.1) is 5.82 Å². The van der Waals surface area contributed by atoms with E-state index in [2.05, 4.69) is 10.4 Å². The molecule has 0 fully saturated rings. The van der Waals surface area contributed by atoms with Crippen LogP contribution in [0.1, 0.15) is 12.5 Å². The van der Waals surface area contributed by atoms with Gasteiger partial charge in [-0.05, 0) is 55.0 Å². The van der Waals surface area contributed by atoms with Crippen molar-refractivity contribution in [2.75, 3.05) is 16.9 Å². The van der Waals surface area contributed by atoms with E-state index < -0.39 is 11.7 Å². The summed E-state index contributed by atoms with van der Waals surface area (Å²) in [5.41, 5.74) is 2.47. The summed E-state index contributed by atoms with van der Waals surface area (Å²) in [6.07, 6.45) is 1.70. The number of carbonyl (C=O) groups is 2. The molecule has 0 radical (unpaired) electrons. The van der Waals surface area contributed by atoms with E-state index in [9.17, 15) is 14.0 Å². The molecule has 1 N–H and O–H groups in total. The third-order valence-electron chi connectivity index (χ3n) is 4.84. The van der Waals surface area contributed by atoms with E-state index >= 15 is 0 Å². The number of nitrogens with zero attached hydrogens (tertiary/aromatic N) is 2. The lowest BCUT2D eigenvalue weighted by atomic mass is 10.1. The number of ether oxygens (including phenoxy) is 1. The zero-order chi connectivity index (χ0) is 23.4. The van der Waals surface area contributed by atoms with Crippen LogP contribution in [0.15, 0.2) is 83.5 Å². The van der Waals surface area contributed by atoms with E-state index in [1.54, 1.807) is 37.3 Å². The normalized spacial score (nSPS) is 14.4. The van der Waals surface area contributed by atoms with Gasteiger partial charge in [0, 0.05) is 0 Å². The maximum Gasteiger partial charge on any atom is 0.280 e. The van der Waals surface area contributed by atoms with Crippen LogP contribution < -0.4 is 15.1 Å².